The summed E-state index contributed by atoms with van der Waals surface area (Å²) in [5, 5.41) is 0. The van der Waals surface area contributed by atoms with Crippen molar-refractivity contribution in [3.63, 3.8) is 0 Å². The van der Waals surface area contributed by atoms with Gasteiger partial charge in [-0.05, 0) is 31.7 Å². The smallest absolute Gasteiger partial charge is 0.407 e. The maximum absolute atomic E-state index is 14.1. The number of hydrogen-bond donors (Lipinski definition) is 0. The van der Waals surface area contributed by atoms with Crippen molar-refractivity contribution in [2.24, 2.45) is 0 Å². The molecule has 0 saturated carbocycles. The van der Waals surface area contributed by atoms with E-state index >= 15 is 0 Å². The molecule has 0 aliphatic heterocycles. The van der Waals surface area contributed by atoms with E-state index in [1.54, 1.807) is 26.2 Å². The van der Waals surface area contributed by atoms with E-state index < -0.39 is 46.9 Å². The van der Waals surface area contributed by atoms with Crippen LogP contribution in [0.3, 0.4) is 0 Å². The first-order valence-corrected chi connectivity index (χ1v) is 10.0. The van der Waals surface area contributed by atoms with Crippen LogP contribution in [0.4, 0.5) is 35.1 Å². The zero-order valence-electron chi connectivity index (χ0n) is 18.6. The van der Waals surface area contributed by atoms with Gasteiger partial charge in [0.15, 0.2) is 0 Å². The molecular formula is C23H13F8N5Pt. The molecule has 0 bridgehead atoms. The molecule has 4 heterocycles. The van der Waals surface area contributed by atoms with Gasteiger partial charge in [0, 0.05) is 28.8 Å². The average Bonchev–Trinajstić information content (AvgIpc) is 3.26. The van der Waals surface area contributed by atoms with Crippen molar-refractivity contribution >= 4 is 0 Å². The Morgan fingerprint density at radius 1 is 0.811 bits per heavy atom. The third kappa shape index (κ3) is 5.56. The minimum Gasteiger partial charge on any atom is -0.407 e. The van der Waals surface area contributed by atoms with Crippen molar-refractivity contribution in [1.29, 1.82) is 0 Å². The van der Waals surface area contributed by atoms with Gasteiger partial charge in [0.05, 0.1) is 11.5 Å². The van der Waals surface area contributed by atoms with Crippen LogP contribution >= 0.6 is 0 Å². The van der Waals surface area contributed by atoms with Gasteiger partial charge in [-0.2, -0.15) is 26.3 Å². The number of halogens is 8. The molecule has 0 aromatic carbocycles. The first-order valence-electron chi connectivity index (χ1n) is 10.0. The summed E-state index contributed by atoms with van der Waals surface area (Å²) in [5.41, 5.74) is -5.06. The molecule has 0 saturated heterocycles. The van der Waals surface area contributed by atoms with Crippen molar-refractivity contribution < 1.29 is 56.2 Å². The molecule has 0 unspecified atom stereocenters. The Bertz CT molecular complexity index is 1430. The zero-order chi connectivity index (χ0) is 26.5. The third-order valence-corrected chi connectivity index (χ3v) is 5.24. The Labute approximate surface area is 218 Å². The number of alkyl halides is 6. The second-order valence-electron chi connectivity index (χ2n) is 8.04. The summed E-state index contributed by atoms with van der Waals surface area (Å²) in [4.78, 5) is 14.4. The van der Waals surface area contributed by atoms with E-state index in [9.17, 15) is 35.1 Å². The molecule has 0 aliphatic rings. The van der Waals surface area contributed by atoms with Crippen molar-refractivity contribution in [3.05, 3.63) is 89.5 Å². The fourth-order valence-electron chi connectivity index (χ4n) is 3.44. The minimum absolute atomic E-state index is 0. The zero-order valence-corrected chi connectivity index (χ0v) is 20.9. The summed E-state index contributed by atoms with van der Waals surface area (Å²) in [5.74, 6) is -2.72. The number of aromatic nitrogens is 5. The van der Waals surface area contributed by atoms with Crippen LogP contribution in [0, 0.1) is 24.3 Å². The van der Waals surface area contributed by atoms with Crippen molar-refractivity contribution in [1.82, 2.24) is 24.5 Å². The molecule has 14 heteroatoms. The second-order valence-corrected chi connectivity index (χ2v) is 8.04. The number of rotatable bonds is 4. The van der Waals surface area contributed by atoms with Crippen LogP contribution in [0.1, 0.15) is 36.6 Å². The number of hydrogen-bond acceptors (Lipinski definition) is 4. The Morgan fingerprint density at radius 2 is 1.43 bits per heavy atom. The molecule has 37 heavy (non-hydrogen) atoms. The minimum atomic E-state index is -5.40. The normalized spacial score (nSPS) is 12.4. The molecule has 0 fully saturated rings. The predicted molar refractivity (Wildman–Crippen MR) is 109 cm³/mol. The fourth-order valence-corrected chi connectivity index (χ4v) is 3.44. The summed E-state index contributed by atoms with van der Waals surface area (Å²) in [6.07, 6.45) is -9.04. The molecule has 0 atom stereocenters. The topological polar surface area (TPSA) is 56.5 Å². The van der Waals surface area contributed by atoms with E-state index in [4.69, 9.17) is 0 Å². The van der Waals surface area contributed by atoms with Crippen molar-refractivity contribution in [2.75, 3.05) is 0 Å². The molecule has 0 N–H and O–H groups in total. The van der Waals surface area contributed by atoms with Crippen molar-refractivity contribution in [3.8, 4) is 17.1 Å². The van der Waals surface area contributed by atoms with E-state index in [0.717, 1.165) is 12.1 Å². The van der Waals surface area contributed by atoms with Crippen LogP contribution in [0.15, 0.2) is 42.5 Å². The van der Waals surface area contributed by atoms with Gasteiger partial charge < -0.3 is 14.5 Å². The summed E-state index contributed by atoms with van der Waals surface area (Å²) in [6, 6.07) is 11.5. The van der Waals surface area contributed by atoms with Crippen LogP contribution in [0.25, 0.3) is 17.1 Å². The fraction of sp³-hybridized carbons (Fsp3) is 0.217. The molecule has 0 amide bonds. The molecule has 4 aromatic heterocycles. The van der Waals surface area contributed by atoms with Gasteiger partial charge in [-0.15, -0.1) is 6.07 Å². The summed E-state index contributed by atoms with van der Waals surface area (Å²) < 4.78 is 107. The van der Waals surface area contributed by atoms with Gasteiger partial charge in [0.2, 0.25) is 0 Å². The van der Waals surface area contributed by atoms with Gasteiger partial charge in [-0.25, -0.2) is 8.78 Å². The van der Waals surface area contributed by atoms with E-state index in [-0.39, 0.29) is 48.3 Å². The van der Waals surface area contributed by atoms with Gasteiger partial charge in [-0.3, -0.25) is 9.97 Å². The molecule has 4 aromatic rings. The molecule has 5 nitrogen and oxygen atoms in total. The maximum Gasteiger partial charge on any atom is 2.00 e. The van der Waals surface area contributed by atoms with Gasteiger partial charge in [0.1, 0.15) is 11.9 Å². The van der Waals surface area contributed by atoms with Crippen LogP contribution in [0.5, 0.6) is 0 Å². The Kier molecular flexibility index (Phi) is 7.60. The van der Waals surface area contributed by atoms with Crippen LogP contribution in [0.2, 0.25) is 0 Å². The quantitative estimate of drug-likeness (QED) is 0.149. The standard InChI is InChI=1S/C23H13F8N5.Pt/c1-21(2,14-6-3-5-13(33-14)12-9-10-16(24)35-20(12)25)15-7-4-8-17(34-15)36-11-32-18(22(26,27)28)19(36)23(29,30)31;/h3-8,10H,1-2H3;/q-2;+2. The summed E-state index contributed by atoms with van der Waals surface area (Å²) >= 11 is 0. The van der Waals surface area contributed by atoms with E-state index in [0.29, 0.717) is 0 Å². The summed E-state index contributed by atoms with van der Waals surface area (Å²) in [7, 11) is 0. The second kappa shape index (κ2) is 9.92. The Hall–Kier alpha value is -3.21. The number of imidazole rings is 1. The maximum atomic E-state index is 14.1. The van der Waals surface area contributed by atoms with Crippen LogP contribution in [-0.4, -0.2) is 24.5 Å². The van der Waals surface area contributed by atoms with E-state index in [1.165, 1.54) is 24.3 Å². The largest absolute Gasteiger partial charge is 2.00 e. The van der Waals surface area contributed by atoms with E-state index in [1.807, 2.05) is 0 Å². The molecule has 0 aliphatic carbocycles. The average molecular weight is 706 g/mol. The van der Waals surface area contributed by atoms with Crippen molar-refractivity contribution in [2.45, 2.75) is 31.6 Å². The molecular weight excluding hydrogens is 693 g/mol. The van der Waals surface area contributed by atoms with Gasteiger partial charge in [-0.1, -0.05) is 35.9 Å². The van der Waals surface area contributed by atoms with Crippen LogP contribution < -0.4 is 0 Å². The summed E-state index contributed by atoms with van der Waals surface area (Å²) in [6.45, 7) is 3.22. The van der Waals surface area contributed by atoms with Crippen LogP contribution in [-0.2, 0) is 38.8 Å². The first kappa shape index (κ1) is 28.4. The van der Waals surface area contributed by atoms with Gasteiger partial charge >= 0.3 is 33.4 Å². The molecule has 0 radical (unpaired) electrons. The first-order chi connectivity index (χ1) is 16.7. The van der Waals surface area contributed by atoms with Gasteiger partial charge in [0.25, 0.3) is 0 Å². The third-order valence-electron chi connectivity index (χ3n) is 5.24. The Balaban J connectivity index is 0.00000380. The van der Waals surface area contributed by atoms with E-state index in [2.05, 4.69) is 26.0 Å². The Morgan fingerprint density at radius 3 is 2.03 bits per heavy atom. The molecule has 0 spiro atoms. The number of pyridine rings is 3. The monoisotopic (exact) mass is 706 g/mol. The predicted octanol–water partition coefficient (Wildman–Crippen LogP) is 5.96. The molecule has 196 valence electrons. The molecule has 4 rings (SSSR count). The number of nitrogens with zero attached hydrogens (tertiary/aromatic N) is 5. The SMILES string of the molecule is CC(C)(c1cccc(-c2[c-]cc(F)nc2F)n1)c1cccc(-n2[c-]nc(C(F)(F)F)c2C(F)(F)F)n1.[Pt+2].